The van der Waals surface area contributed by atoms with Gasteiger partial charge in [-0.05, 0) is 6.42 Å². The highest BCUT2D eigenvalue weighted by Gasteiger charge is 2.18. The van der Waals surface area contributed by atoms with Crippen LogP contribution in [0.4, 0.5) is 0 Å². The summed E-state index contributed by atoms with van der Waals surface area (Å²) in [6, 6.07) is 0. The summed E-state index contributed by atoms with van der Waals surface area (Å²) in [6.45, 7) is 0.0304. The van der Waals surface area contributed by atoms with Gasteiger partial charge in [0.2, 0.25) is 0 Å². The molecule has 1 fully saturated rings. The van der Waals surface area contributed by atoms with Crippen LogP contribution < -0.4 is 0 Å². The number of aliphatic hydroxyl groups is 1. The van der Waals surface area contributed by atoms with E-state index in [1.807, 2.05) is 0 Å². The van der Waals surface area contributed by atoms with Gasteiger partial charge in [0.05, 0.1) is 13.2 Å². The van der Waals surface area contributed by atoms with Gasteiger partial charge < -0.3 is 19.3 Å². The lowest BCUT2D eigenvalue weighted by Crippen LogP contribution is -2.16. The van der Waals surface area contributed by atoms with Crippen LogP contribution in [0.15, 0.2) is 12.2 Å². The minimum atomic E-state index is -0.869. The molecule has 0 radical (unpaired) electrons. The molecule has 1 rings (SSSR count). The molecule has 0 aliphatic carbocycles. The van der Waals surface area contributed by atoms with Gasteiger partial charge in [-0.1, -0.05) is 6.08 Å². The molecule has 1 aliphatic heterocycles. The Bertz CT molecular complexity index is 183. The van der Waals surface area contributed by atoms with Crippen LogP contribution >= 0.6 is 0 Å². The van der Waals surface area contributed by atoms with Crippen LogP contribution in [0.1, 0.15) is 6.42 Å². The van der Waals surface area contributed by atoms with Crippen LogP contribution in [0.25, 0.3) is 0 Å². The summed E-state index contributed by atoms with van der Waals surface area (Å²) in [7, 11) is 0. The van der Waals surface area contributed by atoms with Crippen LogP contribution in [0.2, 0.25) is 0 Å². The largest absolute Gasteiger partial charge is 0.407 e. The Kier molecular flexibility index (Phi) is 4.45. The van der Waals surface area contributed by atoms with E-state index < -0.39 is 12.4 Å². The molecule has 1 N–H and O–H groups in total. The second-order valence-electron chi connectivity index (χ2n) is 2.38. The van der Waals surface area contributed by atoms with Gasteiger partial charge in [-0.3, -0.25) is 0 Å². The summed E-state index contributed by atoms with van der Waals surface area (Å²) < 4.78 is 14.5. The van der Waals surface area contributed by atoms with E-state index in [0.29, 0.717) is 19.6 Å². The Morgan fingerprint density at radius 2 is 2.23 bits per heavy atom. The van der Waals surface area contributed by atoms with Gasteiger partial charge in [-0.15, -0.1) is 0 Å². The number of aliphatic hydroxyl groups excluding tert-OH is 1. The molecule has 0 aromatic rings. The Morgan fingerprint density at radius 3 is 2.85 bits per heavy atom. The molecule has 0 aromatic heterocycles. The van der Waals surface area contributed by atoms with Crippen LogP contribution in [0.5, 0.6) is 0 Å². The first-order chi connectivity index (χ1) is 6.33. The third kappa shape index (κ3) is 4.02. The maximum atomic E-state index is 10.9. The van der Waals surface area contributed by atoms with Gasteiger partial charge >= 0.3 is 12.4 Å². The fraction of sp³-hybridized carbons (Fsp3) is 0.625. The maximum Gasteiger partial charge on any atom is 0.334 e. The zero-order valence-corrected chi connectivity index (χ0v) is 7.14. The molecule has 13 heavy (non-hydrogen) atoms. The van der Waals surface area contributed by atoms with E-state index in [1.54, 1.807) is 0 Å². The Balaban J connectivity index is 2.16. The average molecular weight is 188 g/mol. The van der Waals surface area contributed by atoms with Crippen molar-refractivity contribution in [3.63, 3.8) is 0 Å². The summed E-state index contributed by atoms with van der Waals surface area (Å²) in [5.41, 5.74) is 0. The summed E-state index contributed by atoms with van der Waals surface area (Å²) in [6.07, 6.45) is 3.19. The fourth-order valence-corrected chi connectivity index (χ4v) is 0.793. The van der Waals surface area contributed by atoms with Crippen LogP contribution in [-0.4, -0.2) is 37.4 Å². The van der Waals surface area contributed by atoms with Crippen molar-refractivity contribution in [1.29, 1.82) is 0 Å². The molecule has 0 atom stereocenters. The number of rotatable bonds is 4. The molecule has 5 heteroatoms. The van der Waals surface area contributed by atoms with E-state index in [9.17, 15) is 4.79 Å². The maximum absolute atomic E-state index is 10.9. The van der Waals surface area contributed by atoms with Gasteiger partial charge in [0.25, 0.3) is 0 Å². The standard InChI is InChI=1S/C8H12O5/c9-4-2-1-3-7(10)13-8-11-5-6-12-8/h1,3,8-9H,2,4-6H2/b3-1+. The van der Waals surface area contributed by atoms with Crippen molar-refractivity contribution in [2.45, 2.75) is 12.9 Å². The van der Waals surface area contributed by atoms with Crippen molar-refractivity contribution in [2.24, 2.45) is 0 Å². The smallest absolute Gasteiger partial charge is 0.334 e. The van der Waals surface area contributed by atoms with E-state index in [-0.39, 0.29) is 6.61 Å². The van der Waals surface area contributed by atoms with Crippen molar-refractivity contribution >= 4 is 5.97 Å². The number of ether oxygens (including phenoxy) is 3. The summed E-state index contributed by atoms with van der Waals surface area (Å²) in [5.74, 6) is -0.527. The van der Waals surface area contributed by atoms with Gasteiger partial charge in [-0.2, -0.15) is 0 Å². The Hall–Kier alpha value is -0.910. The van der Waals surface area contributed by atoms with Crippen molar-refractivity contribution in [3.8, 4) is 0 Å². The highest BCUT2D eigenvalue weighted by atomic mass is 16.9. The first kappa shape index (κ1) is 10.2. The van der Waals surface area contributed by atoms with E-state index in [4.69, 9.17) is 19.3 Å². The van der Waals surface area contributed by atoms with E-state index in [2.05, 4.69) is 0 Å². The van der Waals surface area contributed by atoms with Crippen molar-refractivity contribution in [3.05, 3.63) is 12.2 Å². The van der Waals surface area contributed by atoms with Gasteiger partial charge in [0.1, 0.15) is 0 Å². The number of carbonyl (C=O) groups is 1. The number of carbonyl (C=O) groups excluding carboxylic acids is 1. The van der Waals surface area contributed by atoms with Crippen LogP contribution in [-0.2, 0) is 19.0 Å². The lowest BCUT2D eigenvalue weighted by Gasteiger charge is -2.07. The van der Waals surface area contributed by atoms with Crippen LogP contribution in [0.3, 0.4) is 0 Å². The second-order valence-corrected chi connectivity index (χ2v) is 2.38. The first-order valence-corrected chi connectivity index (χ1v) is 4.04. The third-order valence-electron chi connectivity index (χ3n) is 1.35. The van der Waals surface area contributed by atoms with Gasteiger partial charge in [0, 0.05) is 12.7 Å². The normalized spacial score (nSPS) is 18.2. The quantitative estimate of drug-likeness (QED) is 0.489. The minimum absolute atomic E-state index is 0.0141. The predicted molar refractivity (Wildman–Crippen MR) is 42.6 cm³/mol. The number of hydrogen-bond acceptors (Lipinski definition) is 5. The highest BCUT2D eigenvalue weighted by molar-refractivity contribution is 5.81. The summed E-state index contributed by atoms with van der Waals surface area (Å²) in [4.78, 5) is 10.9. The highest BCUT2D eigenvalue weighted by Crippen LogP contribution is 2.05. The predicted octanol–water partition coefficient (Wildman–Crippen LogP) is -0.201. The number of esters is 1. The molecular formula is C8H12O5. The molecule has 0 bridgehead atoms. The lowest BCUT2D eigenvalue weighted by atomic mass is 10.4. The van der Waals surface area contributed by atoms with E-state index in [0.717, 1.165) is 0 Å². The zero-order valence-electron chi connectivity index (χ0n) is 7.14. The fourth-order valence-electron chi connectivity index (χ4n) is 0.793. The van der Waals surface area contributed by atoms with Gasteiger partial charge in [-0.25, -0.2) is 4.79 Å². The monoisotopic (exact) mass is 188 g/mol. The average Bonchev–Trinajstić information content (AvgIpc) is 2.57. The minimum Gasteiger partial charge on any atom is -0.407 e. The molecular weight excluding hydrogens is 176 g/mol. The Morgan fingerprint density at radius 1 is 1.54 bits per heavy atom. The molecule has 0 saturated carbocycles. The molecule has 0 amide bonds. The first-order valence-electron chi connectivity index (χ1n) is 4.04. The van der Waals surface area contributed by atoms with Crippen molar-refractivity contribution in [2.75, 3.05) is 19.8 Å². The molecule has 0 spiro atoms. The molecule has 74 valence electrons. The SMILES string of the molecule is O=C(/C=C/CCO)OC1OCCO1. The zero-order chi connectivity index (χ0) is 9.52. The van der Waals surface area contributed by atoms with E-state index >= 15 is 0 Å². The molecule has 0 unspecified atom stereocenters. The van der Waals surface area contributed by atoms with Crippen molar-refractivity contribution in [1.82, 2.24) is 0 Å². The summed E-state index contributed by atoms with van der Waals surface area (Å²) in [5, 5.41) is 8.41. The molecule has 1 saturated heterocycles. The summed E-state index contributed by atoms with van der Waals surface area (Å²) >= 11 is 0. The number of hydrogen-bond donors (Lipinski definition) is 1. The lowest BCUT2D eigenvalue weighted by molar-refractivity contribution is -0.222. The Labute approximate surface area is 75.9 Å². The molecule has 1 aliphatic rings. The van der Waals surface area contributed by atoms with Gasteiger partial charge in [0.15, 0.2) is 0 Å². The van der Waals surface area contributed by atoms with Crippen molar-refractivity contribution < 1.29 is 24.1 Å². The molecule has 5 nitrogen and oxygen atoms in total. The molecule has 0 aromatic carbocycles. The topological polar surface area (TPSA) is 65.0 Å². The van der Waals surface area contributed by atoms with E-state index in [1.165, 1.54) is 12.2 Å². The second kappa shape index (κ2) is 5.69. The molecule has 1 heterocycles. The third-order valence-corrected chi connectivity index (χ3v) is 1.35. The van der Waals surface area contributed by atoms with Crippen LogP contribution in [0, 0.1) is 0 Å².